The third-order valence-corrected chi connectivity index (χ3v) is 6.25. The number of para-hydroxylation sites is 1. The summed E-state index contributed by atoms with van der Waals surface area (Å²) in [5, 5.41) is 0.786. The molecule has 2 bridgehead atoms. The van der Waals surface area contributed by atoms with Crippen molar-refractivity contribution in [1.29, 1.82) is 0 Å². The third-order valence-electron chi connectivity index (χ3n) is 6.01. The quantitative estimate of drug-likeness (QED) is 0.749. The van der Waals surface area contributed by atoms with Crippen LogP contribution in [0, 0.1) is 0 Å². The number of rotatable bonds is 1. The fourth-order valence-electron chi connectivity index (χ4n) is 5.01. The zero-order chi connectivity index (χ0) is 17.0. The maximum absolute atomic E-state index is 6.29. The lowest BCUT2D eigenvalue weighted by atomic mass is 9.95. The van der Waals surface area contributed by atoms with Gasteiger partial charge in [0.1, 0.15) is 11.5 Å². The number of fused-ring (bicyclic) bond motifs is 4. The number of piperazine rings is 1. The predicted octanol–water partition coefficient (Wildman–Crippen LogP) is 4.51. The summed E-state index contributed by atoms with van der Waals surface area (Å²) in [7, 11) is 2.25. The van der Waals surface area contributed by atoms with Crippen LogP contribution in [0.15, 0.2) is 42.5 Å². The highest BCUT2D eigenvalue weighted by atomic mass is 35.5. The molecule has 3 nitrogen and oxygen atoms in total. The Labute approximate surface area is 154 Å². The van der Waals surface area contributed by atoms with Crippen LogP contribution in [0.1, 0.15) is 30.0 Å². The monoisotopic (exact) mass is 354 g/mol. The van der Waals surface area contributed by atoms with Crippen LogP contribution >= 0.6 is 11.6 Å². The Kier molecular flexibility index (Phi) is 3.77. The topological polar surface area (TPSA) is 15.7 Å². The Hall–Kier alpha value is -1.55. The third kappa shape index (κ3) is 2.66. The number of hydrogen-bond acceptors (Lipinski definition) is 3. The number of halogens is 1. The molecule has 0 amide bonds. The minimum atomic E-state index is 0.363. The Morgan fingerprint density at radius 3 is 2.56 bits per heavy atom. The first-order valence-electron chi connectivity index (χ1n) is 9.20. The van der Waals surface area contributed by atoms with Gasteiger partial charge in [-0.1, -0.05) is 29.8 Å². The number of hydrogen-bond donors (Lipinski definition) is 0. The average Bonchev–Trinajstić information content (AvgIpc) is 2.78. The van der Waals surface area contributed by atoms with Crippen molar-refractivity contribution < 1.29 is 4.74 Å². The molecule has 0 N–H and O–H groups in total. The number of nitrogens with zero attached hydrogens (tertiary/aromatic N) is 2. The molecule has 0 radical (unpaired) electrons. The molecule has 0 saturated carbocycles. The molecule has 3 atom stereocenters. The number of likely N-dealkylation sites (N-methyl/N-ethyl adjacent to an activating group) is 1. The van der Waals surface area contributed by atoms with E-state index in [-0.39, 0.29) is 0 Å². The van der Waals surface area contributed by atoms with Crippen LogP contribution in [0.4, 0.5) is 0 Å². The van der Waals surface area contributed by atoms with Gasteiger partial charge in [-0.2, -0.15) is 0 Å². The van der Waals surface area contributed by atoms with Crippen molar-refractivity contribution in [3.05, 3.63) is 58.6 Å². The average molecular weight is 355 g/mol. The van der Waals surface area contributed by atoms with Crippen molar-refractivity contribution in [3.63, 3.8) is 0 Å². The van der Waals surface area contributed by atoms with Gasteiger partial charge in [0.15, 0.2) is 0 Å². The van der Waals surface area contributed by atoms with Crippen LogP contribution in [-0.2, 0) is 6.42 Å². The molecule has 3 aliphatic heterocycles. The summed E-state index contributed by atoms with van der Waals surface area (Å²) >= 11 is 6.29. The molecule has 25 heavy (non-hydrogen) atoms. The van der Waals surface area contributed by atoms with Gasteiger partial charge in [-0.3, -0.25) is 4.90 Å². The van der Waals surface area contributed by atoms with Crippen LogP contribution in [0.2, 0.25) is 5.02 Å². The van der Waals surface area contributed by atoms with Gasteiger partial charge in [0.25, 0.3) is 0 Å². The zero-order valence-corrected chi connectivity index (χ0v) is 15.2. The molecule has 5 rings (SSSR count). The summed E-state index contributed by atoms with van der Waals surface area (Å²) in [5.74, 6) is 1.94. The minimum absolute atomic E-state index is 0.363. The Bertz CT molecular complexity index is 794. The van der Waals surface area contributed by atoms with E-state index in [1.54, 1.807) is 0 Å². The molecule has 4 heteroatoms. The van der Waals surface area contributed by atoms with E-state index in [0.29, 0.717) is 18.1 Å². The van der Waals surface area contributed by atoms with Crippen LogP contribution < -0.4 is 4.74 Å². The van der Waals surface area contributed by atoms with Gasteiger partial charge < -0.3 is 9.64 Å². The summed E-state index contributed by atoms with van der Waals surface area (Å²) in [6.07, 6.45) is 3.57. The van der Waals surface area contributed by atoms with Crippen LogP contribution in [0.3, 0.4) is 0 Å². The molecule has 2 saturated heterocycles. The van der Waals surface area contributed by atoms with E-state index in [4.69, 9.17) is 16.3 Å². The first-order chi connectivity index (χ1) is 12.2. The zero-order valence-electron chi connectivity index (χ0n) is 14.5. The lowest BCUT2D eigenvalue weighted by molar-refractivity contribution is 0.0434. The van der Waals surface area contributed by atoms with Crippen molar-refractivity contribution in [2.45, 2.75) is 37.4 Å². The highest BCUT2D eigenvalue weighted by molar-refractivity contribution is 6.30. The Morgan fingerprint density at radius 2 is 1.76 bits per heavy atom. The SMILES string of the molecule is CN1CC2CCC(C1)N2C1Cc2cc(Cl)ccc2Oc2ccccc21. The Morgan fingerprint density at radius 1 is 1.00 bits per heavy atom. The normalized spacial score (nSPS) is 28.8. The smallest absolute Gasteiger partial charge is 0.132 e. The Balaban J connectivity index is 1.60. The van der Waals surface area contributed by atoms with Gasteiger partial charge in [-0.05, 0) is 56.1 Å². The summed E-state index contributed by atoms with van der Waals surface area (Å²) in [5.41, 5.74) is 2.53. The molecule has 2 fully saturated rings. The number of likely N-dealkylation sites (tertiary alicyclic amines) is 1. The van der Waals surface area contributed by atoms with E-state index in [2.05, 4.69) is 47.2 Å². The van der Waals surface area contributed by atoms with Gasteiger partial charge >= 0.3 is 0 Å². The van der Waals surface area contributed by atoms with Crippen molar-refractivity contribution in [2.75, 3.05) is 20.1 Å². The highest BCUT2D eigenvalue weighted by Gasteiger charge is 2.44. The molecule has 0 aromatic heterocycles. The summed E-state index contributed by atoms with van der Waals surface area (Å²) in [6, 6.07) is 16.2. The van der Waals surface area contributed by atoms with Crippen molar-refractivity contribution in [1.82, 2.24) is 9.80 Å². The molecule has 3 heterocycles. The highest BCUT2D eigenvalue weighted by Crippen LogP contribution is 2.46. The van der Waals surface area contributed by atoms with E-state index in [1.165, 1.54) is 37.1 Å². The molecule has 2 aromatic carbocycles. The van der Waals surface area contributed by atoms with Gasteiger partial charge in [0.05, 0.1) is 0 Å². The summed E-state index contributed by atoms with van der Waals surface area (Å²) < 4.78 is 6.29. The summed E-state index contributed by atoms with van der Waals surface area (Å²) in [4.78, 5) is 5.26. The van der Waals surface area contributed by atoms with Gasteiger partial charge in [0, 0.05) is 41.8 Å². The molecule has 2 aromatic rings. The minimum Gasteiger partial charge on any atom is -0.457 e. The largest absolute Gasteiger partial charge is 0.457 e. The van der Waals surface area contributed by atoms with Crippen molar-refractivity contribution in [2.24, 2.45) is 0 Å². The second kappa shape index (κ2) is 6.01. The molecular weight excluding hydrogens is 332 g/mol. The molecule has 0 aliphatic carbocycles. The second-order valence-corrected chi connectivity index (χ2v) is 8.10. The van der Waals surface area contributed by atoms with Gasteiger partial charge in [-0.25, -0.2) is 0 Å². The van der Waals surface area contributed by atoms with Gasteiger partial charge in [-0.15, -0.1) is 0 Å². The van der Waals surface area contributed by atoms with Gasteiger partial charge in [0.2, 0.25) is 0 Å². The predicted molar refractivity (Wildman–Crippen MR) is 101 cm³/mol. The molecule has 3 aliphatic rings. The maximum atomic E-state index is 6.29. The van der Waals surface area contributed by atoms with Crippen molar-refractivity contribution in [3.8, 4) is 11.5 Å². The van der Waals surface area contributed by atoms with E-state index in [0.717, 1.165) is 22.9 Å². The molecular formula is C21H23ClN2O. The first kappa shape index (κ1) is 15.7. The van der Waals surface area contributed by atoms with E-state index >= 15 is 0 Å². The maximum Gasteiger partial charge on any atom is 0.132 e. The fraction of sp³-hybridized carbons (Fsp3) is 0.429. The van der Waals surface area contributed by atoms with E-state index in [1.807, 2.05) is 12.1 Å². The van der Waals surface area contributed by atoms with Crippen molar-refractivity contribution >= 4 is 11.6 Å². The second-order valence-electron chi connectivity index (χ2n) is 7.67. The number of ether oxygens (including phenoxy) is 1. The summed E-state index contributed by atoms with van der Waals surface area (Å²) in [6.45, 7) is 2.33. The molecule has 130 valence electrons. The van der Waals surface area contributed by atoms with E-state index in [9.17, 15) is 0 Å². The van der Waals surface area contributed by atoms with Crippen LogP contribution in [0.5, 0.6) is 11.5 Å². The molecule has 3 unspecified atom stereocenters. The fourth-order valence-corrected chi connectivity index (χ4v) is 5.21. The van der Waals surface area contributed by atoms with Crippen LogP contribution in [0.25, 0.3) is 0 Å². The first-order valence-corrected chi connectivity index (χ1v) is 9.58. The lowest BCUT2D eigenvalue weighted by Gasteiger charge is -2.44. The van der Waals surface area contributed by atoms with E-state index < -0.39 is 0 Å². The van der Waals surface area contributed by atoms with Crippen LogP contribution in [-0.4, -0.2) is 42.0 Å². The molecule has 0 spiro atoms. The lowest BCUT2D eigenvalue weighted by Crippen LogP contribution is -2.53. The standard InChI is InChI=1S/C21H23ClN2O/c1-23-12-16-7-8-17(13-23)24(16)19-11-14-10-15(22)6-9-20(14)25-21-5-3-2-4-18(19)21/h2-6,9-10,16-17,19H,7-8,11-13H2,1H3. The number of benzene rings is 2.